The molecule has 150 valence electrons. The van der Waals surface area contributed by atoms with Crippen molar-refractivity contribution in [1.82, 2.24) is 0 Å². The third-order valence-corrected chi connectivity index (χ3v) is 9.93. The summed E-state index contributed by atoms with van der Waals surface area (Å²) in [5.74, 6) is 0.467. The van der Waals surface area contributed by atoms with Gasteiger partial charge < -0.3 is 14.3 Å². The summed E-state index contributed by atoms with van der Waals surface area (Å²) < 4.78 is 12.6. The topological polar surface area (TPSA) is 73.0 Å². The van der Waals surface area contributed by atoms with Crippen molar-refractivity contribution < 1.29 is 23.9 Å². The average Bonchev–Trinajstić information content (AvgIpc) is 3.14. The minimum atomic E-state index is -0.375. The number of hydrogen-bond acceptors (Lipinski definition) is 5. The molecule has 5 fully saturated rings. The number of ether oxygens (including phenoxy) is 2. The van der Waals surface area contributed by atoms with Crippen LogP contribution in [0.3, 0.4) is 0 Å². The smallest absolute Gasteiger partial charge is 0.306 e. The van der Waals surface area contributed by atoms with E-state index in [2.05, 4.69) is 13.8 Å². The predicted octanol–water partition coefficient (Wildman–Crippen LogP) is 3.15. The first-order valence-electron chi connectivity index (χ1n) is 10.9. The van der Waals surface area contributed by atoms with Crippen molar-refractivity contribution >= 4 is 18.0 Å². The van der Waals surface area contributed by atoms with Gasteiger partial charge in [-0.05, 0) is 50.5 Å². The van der Waals surface area contributed by atoms with Crippen molar-refractivity contribution in [3.8, 4) is 0 Å². The van der Waals surface area contributed by atoms with E-state index in [1.807, 2.05) is 6.08 Å². The number of carbonyl (C=O) groups is 3. The van der Waals surface area contributed by atoms with E-state index in [9.17, 15) is 14.4 Å². The van der Waals surface area contributed by atoms with E-state index in [1.54, 1.807) is 0 Å². The van der Waals surface area contributed by atoms with Crippen molar-refractivity contribution in [2.75, 3.05) is 0 Å². The molecule has 2 spiro atoms. The summed E-state index contributed by atoms with van der Waals surface area (Å²) in [6, 6.07) is 0. The maximum absolute atomic E-state index is 12.2. The van der Waals surface area contributed by atoms with Gasteiger partial charge in [-0.25, -0.2) is 0 Å². The molecular weight excluding hydrogens is 356 g/mol. The number of esters is 1. The zero-order valence-corrected chi connectivity index (χ0v) is 16.7. The maximum Gasteiger partial charge on any atom is 0.306 e. The third kappa shape index (κ3) is 1.69. The first kappa shape index (κ1) is 17.4. The van der Waals surface area contributed by atoms with E-state index in [1.165, 1.54) is 0 Å². The molecule has 8 atom stereocenters. The minimum absolute atomic E-state index is 0.0750. The molecule has 0 aromatic carbocycles. The molecule has 3 saturated carbocycles. The summed E-state index contributed by atoms with van der Waals surface area (Å²) in [7, 11) is 0. The molecule has 2 aliphatic heterocycles. The van der Waals surface area contributed by atoms with Gasteiger partial charge >= 0.3 is 5.97 Å². The van der Waals surface area contributed by atoms with Gasteiger partial charge in [-0.3, -0.25) is 9.59 Å². The van der Waals surface area contributed by atoms with Gasteiger partial charge in [0.05, 0.1) is 6.10 Å². The van der Waals surface area contributed by atoms with Crippen molar-refractivity contribution in [3.05, 3.63) is 11.6 Å². The van der Waals surface area contributed by atoms with Crippen LogP contribution in [0.4, 0.5) is 0 Å². The molecule has 6 aliphatic rings. The Balaban J connectivity index is 1.47. The van der Waals surface area contributed by atoms with Gasteiger partial charge in [0, 0.05) is 35.5 Å². The van der Waals surface area contributed by atoms with Gasteiger partial charge in [0.15, 0.2) is 5.78 Å². The molecule has 0 N–H and O–H groups in total. The van der Waals surface area contributed by atoms with Crippen LogP contribution in [0.1, 0.15) is 65.2 Å². The van der Waals surface area contributed by atoms with Crippen LogP contribution in [0.5, 0.6) is 0 Å². The van der Waals surface area contributed by atoms with Crippen LogP contribution in [-0.2, 0) is 23.9 Å². The summed E-state index contributed by atoms with van der Waals surface area (Å²) in [5, 5.41) is 0. The minimum Gasteiger partial charge on any atom is -0.458 e. The fourth-order valence-corrected chi connectivity index (χ4v) is 8.49. The second-order valence-corrected chi connectivity index (χ2v) is 10.6. The van der Waals surface area contributed by atoms with E-state index < -0.39 is 0 Å². The molecule has 5 heteroatoms. The number of epoxide rings is 1. The predicted molar refractivity (Wildman–Crippen MR) is 99.2 cm³/mol. The zero-order chi connectivity index (χ0) is 19.5. The molecular formula is C23H28O5. The highest BCUT2D eigenvalue weighted by Gasteiger charge is 2.82. The van der Waals surface area contributed by atoms with Crippen LogP contribution >= 0.6 is 0 Å². The Labute approximate surface area is 165 Å². The molecule has 0 amide bonds. The summed E-state index contributed by atoms with van der Waals surface area (Å²) in [4.78, 5) is 36.4. The Morgan fingerprint density at radius 1 is 1.14 bits per heavy atom. The van der Waals surface area contributed by atoms with Crippen molar-refractivity contribution in [1.29, 1.82) is 0 Å². The van der Waals surface area contributed by atoms with Gasteiger partial charge in [-0.1, -0.05) is 19.4 Å². The second-order valence-electron chi connectivity index (χ2n) is 10.6. The van der Waals surface area contributed by atoms with Crippen LogP contribution in [-0.4, -0.2) is 35.3 Å². The third-order valence-electron chi connectivity index (χ3n) is 9.93. The summed E-state index contributed by atoms with van der Waals surface area (Å²) in [6.07, 6.45) is 9.18. The Morgan fingerprint density at radius 3 is 2.68 bits per heavy atom. The largest absolute Gasteiger partial charge is 0.458 e. The molecule has 0 aromatic rings. The zero-order valence-electron chi connectivity index (χ0n) is 16.7. The molecule has 4 unspecified atom stereocenters. The van der Waals surface area contributed by atoms with E-state index in [-0.39, 0.29) is 51.7 Å². The molecule has 6 rings (SSSR count). The van der Waals surface area contributed by atoms with Crippen LogP contribution in [0, 0.1) is 28.6 Å². The Hall–Kier alpha value is -1.49. The van der Waals surface area contributed by atoms with Crippen LogP contribution in [0.25, 0.3) is 0 Å². The normalized spacial score (nSPS) is 56.3. The number of aldehydes is 1. The SMILES string of the molecule is CC12C[C@H]3O[C@@]34C(C1CC[C@@]21CCC(=O)O1)[C@H](C=O)CC1=CC(=O)CCC14C. The molecule has 0 radical (unpaired) electrons. The molecule has 5 nitrogen and oxygen atoms in total. The lowest BCUT2D eigenvalue weighted by atomic mass is 9.44. The van der Waals surface area contributed by atoms with Crippen LogP contribution < -0.4 is 0 Å². The molecule has 2 heterocycles. The lowest BCUT2D eigenvalue weighted by molar-refractivity contribution is -0.166. The van der Waals surface area contributed by atoms with Crippen LogP contribution in [0.2, 0.25) is 0 Å². The van der Waals surface area contributed by atoms with E-state index in [0.717, 1.165) is 44.0 Å². The number of rotatable bonds is 1. The fourth-order valence-electron chi connectivity index (χ4n) is 8.49. The van der Waals surface area contributed by atoms with Gasteiger partial charge in [0.1, 0.15) is 17.5 Å². The highest BCUT2D eigenvalue weighted by Crippen LogP contribution is 2.78. The van der Waals surface area contributed by atoms with E-state index >= 15 is 0 Å². The molecule has 4 aliphatic carbocycles. The maximum atomic E-state index is 12.2. The number of carbonyl (C=O) groups excluding carboxylic acids is 3. The lowest BCUT2D eigenvalue weighted by Gasteiger charge is -2.58. The van der Waals surface area contributed by atoms with Crippen molar-refractivity contribution in [2.24, 2.45) is 28.6 Å². The van der Waals surface area contributed by atoms with Crippen LogP contribution in [0.15, 0.2) is 11.6 Å². The Morgan fingerprint density at radius 2 is 1.96 bits per heavy atom. The molecule has 2 saturated heterocycles. The Bertz CT molecular complexity index is 846. The number of hydrogen-bond donors (Lipinski definition) is 0. The second kappa shape index (κ2) is 4.97. The first-order chi connectivity index (χ1) is 13.3. The molecule has 0 bridgehead atoms. The van der Waals surface area contributed by atoms with Crippen molar-refractivity contribution in [2.45, 2.75) is 82.5 Å². The first-order valence-corrected chi connectivity index (χ1v) is 10.9. The van der Waals surface area contributed by atoms with E-state index in [4.69, 9.17) is 9.47 Å². The lowest BCUT2D eigenvalue weighted by Crippen LogP contribution is -2.62. The quantitative estimate of drug-likeness (QED) is 0.394. The Kier molecular flexibility index (Phi) is 3.09. The van der Waals surface area contributed by atoms with Gasteiger partial charge in [-0.15, -0.1) is 0 Å². The fraction of sp³-hybridized carbons (Fsp3) is 0.783. The summed E-state index contributed by atoms with van der Waals surface area (Å²) >= 11 is 0. The summed E-state index contributed by atoms with van der Waals surface area (Å²) in [6.45, 7) is 4.55. The van der Waals surface area contributed by atoms with Gasteiger partial charge in [-0.2, -0.15) is 0 Å². The molecule has 0 aromatic heterocycles. The van der Waals surface area contributed by atoms with E-state index in [0.29, 0.717) is 25.2 Å². The van der Waals surface area contributed by atoms with Gasteiger partial charge in [0.2, 0.25) is 0 Å². The average molecular weight is 384 g/mol. The highest BCUT2D eigenvalue weighted by atomic mass is 16.6. The number of fused-ring (bicyclic) bond motifs is 4. The highest BCUT2D eigenvalue weighted by molar-refractivity contribution is 5.92. The van der Waals surface area contributed by atoms with Gasteiger partial charge in [0.25, 0.3) is 0 Å². The summed E-state index contributed by atoms with van der Waals surface area (Å²) in [5.41, 5.74) is 0.154. The monoisotopic (exact) mass is 384 g/mol. The number of ketones is 1. The molecule has 28 heavy (non-hydrogen) atoms. The standard InChI is InChI=1S/C23H28O5/c1-20-6-3-15(25)10-14(20)9-13(12-24)19-16-4-7-22(8-5-18(26)28-22)21(16,2)11-17-23(19,20)27-17/h10,12-13,16-17,19H,3-9,11H2,1-2H3/t13-,16?,17+,19?,20?,21?,22+,23+/m0/s1. The van der Waals surface area contributed by atoms with Crippen molar-refractivity contribution in [3.63, 3.8) is 0 Å².